The molecule has 2 rings (SSSR count). The molecule has 0 bridgehead atoms. The summed E-state index contributed by atoms with van der Waals surface area (Å²) in [6, 6.07) is 11.0. The molecular formula is C22H29F3N4O2. The first-order valence-corrected chi connectivity index (χ1v) is 9.68. The van der Waals surface area contributed by atoms with Crippen LogP contribution in [0.25, 0.3) is 0 Å². The monoisotopic (exact) mass is 438 g/mol. The summed E-state index contributed by atoms with van der Waals surface area (Å²) in [7, 11) is 8.71. The zero-order valence-electron chi connectivity index (χ0n) is 18.4. The Morgan fingerprint density at radius 3 is 2.32 bits per heavy atom. The molecule has 2 N–H and O–H groups in total. The molecule has 6 nitrogen and oxygen atoms in total. The molecule has 31 heavy (non-hydrogen) atoms. The first-order valence-electron chi connectivity index (χ1n) is 9.68. The number of methoxy groups -OCH3 is 2. The van der Waals surface area contributed by atoms with Gasteiger partial charge in [0.25, 0.3) is 0 Å². The first kappa shape index (κ1) is 24.3. The van der Waals surface area contributed by atoms with Crippen LogP contribution in [0.5, 0.6) is 11.5 Å². The van der Waals surface area contributed by atoms with E-state index in [1.54, 1.807) is 27.3 Å². The lowest BCUT2D eigenvalue weighted by atomic mass is 10.1. The van der Waals surface area contributed by atoms with E-state index in [0.717, 1.165) is 17.7 Å². The normalized spacial score (nSPS) is 13.1. The quantitative estimate of drug-likeness (QED) is 0.486. The Labute approximate surface area is 181 Å². The van der Waals surface area contributed by atoms with Crippen LogP contribution in [0, 0.1) is 0 Å². The number of guanidine groups is 1. The summed E-state index contributed by atoms with van der Waals surface area (Å²) in [6.45, 7) is 0.733. The number of alkyl halides is 3. The van der Waals surface area contributed by atoms with Crippen LogP contribution in [0.4, 0.5) is 13.2 Å². The van der Waals surface area contributed by atoms with E-state index in [1.165, 1.54) is 6.07 Å². The van der Waals surface area contributed by atoms with Crippen molar-refractivity contribution < 1.29 is 22.6 Å². The number of nitrogens with zero attached hydrogens (tertiary/aromatic N) is 2. The first-order chi connectivity index (χ1) is 14.7. The molecule has 0 aromatic heterocycles. The van der Waals surface area contributed by atoms with Crippen molar-refractivity contribution in [1.29, 1.82) is 0 Å². The Morgan fingerprint density at radius 1 is 1.03 bits per heavy atom. The summed E-state index contributed by atoms with van der Waals surface area (Å²) in [5.41, 5.74) is 0.862. The maximum absolute atomic E-state index is 12.9. The average Bonchev–Trinajstić information content (AvgIpc) is 2.75. The Bertz CT molecular complexity index is 885. The third kappa shape index (κ3) is 6.78. The zero-order chi connectivity index (χ0) is 23.0. The number of benzene rings is 2. The lowest BCUT2D eigenvalue weighted by Gasteiger charge is -2.26. The molecule has 0 saturated carbocycles. The summed E-state index contributed by atoms with van der Waals surface area (Å²) in [6.07, 6.45) is -4.37. The van der Waals surface area contributed by atoms with Crippen molar-refractivity contribution in [3.05, 3.63) is 59.2 Å². The summed E-state index contributed by atoms with van der Waals surface area (Å²) >= 11 is 0. The van der Waals surface area contributed by atoms with Gasteiger partial charge in [-0.3, -0.25) is 4.99 Å². The fourth-order valence-corrected chi connectivity index (χ4v) is 3.12. The average molecular weight is 438 g/mol. The minimum atomic E-state index is -4.37. The highest BCUT2D eigenvalue weighted by atomic mass is 19.4. The molecule has 0 spiro atoms. The van der Waals surface area contributed by atoms with Crippen LogP contribution in [-0.2, 0) is 12.7 Å². The maximum Gasteiger partial charge on any atom is 0.416 e. The standard InChI is InChI=1S/C22H29F3N4O2/c1-26-21(27-13-15-7-6-8-17(11-15)22(23,24)25)28-14-18(29(2)3)16-9-10-19(30-4)20(12-16)31-5/h6-12,18H,13-14H2,1-5H3,(H2,26,27,28). The van der Waals surface area contributed by atoms with Gasteiger partial charge in [0.15, 0.2) is 17.5 Å². The van der Waals surface area contributed by atoms with Crippen LogP contribution < -0.4 is 20.1 Å². The van der Waals surface area contributed by atoms with Gasteiger partial charge in [-0.25, -0.2) is 0 Å². The van der Waals surface area contributed by atoms with Gasteiger partial charge in [0.05, 0.1) is 25.8 Å². The minimum absolute atomic E-state index is 0.00749. The highest BCUT2D eigenvalue weighted by Gasteiger charge is 2.30. The van der Waals surface area contributed by atoms with E-state index in [2.05, 4.69) is 15.6 Å². The van der Waals surface area contributed by atoms with Gasteiger partial charge in [0, 0.05) is 20.1 Å². The van der Waals surface area contributed by atoms with Crippen molar-refractivity contribution in [2.75, 3.05) is 41.9 Å². The van der Waals surface area contributed by atoms with Crippen molar-refractivity contribution in [2.24, 2.45) is 4.99 Å². The Kier molecular flexibility index (Phi) is 8.56. The van der Waals surface area contributed by atoms with E-state index in [0.29, 0.717) is 29.6 Å². The summed E-state index contributed by atoms with van der Waals surface area (Å²) < 4.78 is 49.4. The molecule has 0 saturated heterocycles. The topological polar surface area (TPSA) is 58.1 Å². The smallest absolute Gasteiger partial charge is 0.416 e. The van der Waals surface area contributed by atoms with Crippen LogP contribution in [0.15, 0.2) is 47.5 Å². The predicted octanol–water partition coefficient (Wildman–Crippen LogP) is 3.69. The van der Waals surface area contributed by atoms with E-state index in [4.69, 9.17) is 9.47 Å². The Balaban J connectivity index is 2.04. The number of nitrogens with one attached hydrogen (secondary N) is 2. The van der Waals surface area contributed by atoms with E-state index in [9.17, 15) is 13.2 Å². The van der Waals surface area contributed by atoms with Crippen LogP contribution >= 0.6 is 0 Å². The summed E-state index contributed by atoms with van der Waals surface area (Å²) in [5.74, 6) is 1.78. The molecule has 0 fully saturated rings. The SMILES string of the molecule is CN=C(NCc1cccc(C(F)(F)F)c1)NCC(c1ccc(OC)c(OC)c1)N(C)C. The lowest BCUT2D eigenvalue weighted by Crippen LogP contribution is -2.41. The van der Waals surface area contributed by atoms with E-state index in [-0.39, 0.29) is 12.6 Å². The molecule has 0 aliphatic carbocycles. The van der Waals surface area contributed by atoms with Gasteiger partial charge in [-0.1, -0.05) is 18.2 Å². The van der Waals surface area contributed by atoms with Gasteiger partial charge >= 0.3 is 6.18 Å². The highest BCUT2D eigenvalue weighted by molar-refractivity contribution is 5.79. The van der Waals surface area contributed by atoms with E-state index >= 15 is 0 Å². The molecule has 0 aliphatic rings. The summed E-state index contributed by atoms with van der Waals surface area (Å²) in [5, 5.41) is 6.29. The zero-order valence-corrected chi connectivity index (χ0v) is 18.4. The second kappa shape index (κ2) is 10.9. The number of halogens is 3. The number of likely N-dealkylation sites (N-methyl/N-ethyl adjacent to an activating group) is 1. The molecule has 9 heteroatoms. The van der Waals surface area contributed by atoms with E-state index < -0.39 is 11.7 Å². The fourth-order valence-electron chi connectivity index (χ4n) is 3.12. The van der Waals surface area contributed by atoms with Crippen LogP contribution in [0.3, 0.4) is 0 Å². The molecule has 0 aliphatic heterocycles. The van der Waals surface area contributed by atoms with Crippen molar-refractivity contribution in [3.63, 3.8) is 0 Å². The van der Waals surface area contributed by atoms with Crippen LogP contribution in [0.1, 0.15) is 22.7 Å². The van der Waals surface area contributed by atoms with Crippen molar-refractivity contribution in [3.8, 4) is 11.5 Å². The fraction of sp³-hybridized carbons (Fsp3) is 0.409. The summed E-state index contributed by atoms with van der Waals surface area (Å²) in [4.78, 5) is 6.22. The van der Waals surface area contributed by atoms with Crippen molar-refractivity contribution in [2.45, 2.75) is 18.8 Å². The number of rotatable bonds is 8. The Morgan fingerprint density at radius 2 is 1.74 bits per heavy atom. The molecule has 2 aromatic rings. The van der Waals surface area contributed by atoms with Gasteiger partial charge in [0.2, 0.25) is 0 Å². The second-order valence-electron chi connectivity index (χ2n) is 7.10. The molecule has 170 valence electrons. The van der Waals surface area contributed by atoms with Crippen LogP contribution in [0.2, 0.25) is 0 Å². The largest absolute Gasteiger partial charge is 0.493 e. The molecule has 1 atom stereocenters. The minimum Gasteiger partial charge on any atom is -0.493 e. The predicted molar refractivity (Wildman–Crippen MR) is 116 cm³/mol. The molecule has 2 aromatic carbocycles. The number of hydrogen-bond acceptors (Lipinski definition) is 4. The Hall–Kier alpha value is -2.94. The van der Waals surface area contributed by atoms with Crippen molar-refractivity contribution in [1.82, 2.24) is 15.5 Å². The lowest BCUT2D eigenvalue weighted by molar-refractivity contribution is -0.137. The van der Waals surface area contributed by atoms with E-state index in [1.807, 2.05) is 37.2 Å². The van der Waals surface area contributed by atoms with Gasteiger partial charge in [-0.2, -0.15) is 13.2 Å². The molecular weight excluding hydrogens is 409 g/mol. The third-order valence-corrected chi connectivity index (χ3v) is 4.82. The van der Waals surface area contributed by atoms with Gasteiger partial charge in [-0.05, 0) is 49.5 Å². The number of hydrogen-bond donors (Lipinski definition) is 2. The molecule has 1 unspecified atom stereocenters. The number of aliphatic imine (C=N–C) groups is 1. The maximum atomic E-state index is 12.9. The second-order valence-corrected chi connectivity index (χ2v) is 7.10. The highest BCUT2D eigenvalue weighted by Crippen LogP contribution is 2.31. The molecule has 0 amide bonds. The van der Waals surface area contributed by atoms with Gasteiger partial charge < -0.3 is 25.0 Å². The number of ether oxygens (including phenoxy) is 2. The van der Waals surface area contributed by atoms with Gasteiger partial charge in [-0.15, -0.1) is 0 Å². The van der Waals surface area contributed by atoms with Gasteiger partial charge in [0.1, 0.15) is 0 Å². The van der Waals surface area contributed by atoms with Crippen LogP contribution in [-0.4, -0.2) is 52.8 Å². The molecule has 0 heterocycles. The third-order valence-electron chi connectivity index (χ3n) is 4.82. The van der Waals surface area contributed by atoms with Crippen molar-refractivity contribution >= 4 is 5.96 Å². The molecule has 0 radical (unpaired) electrons.